The first-order valence-electron chi connectivity index (χ1n) is 6.00. The second-order valence-electron chi connectivity index (χ2n) is 4.33. The average molecular weight is 269 g/mol. The summed E-state index contributed by atoms with van der Waals surface area (Å²) in [5.74, 6) is -1.06. The van der Waals surface area contributed by atoms with Gasteiger partial charge in [-0.2, -0.15) is 0 Å². The molecule has 1 N–H and O–H groups in total. The van der Waals surface area contributed by atoms with Crippen molar-refractivity contribution < 1.29 is 14.7 Å². The molecule has 8 heteroatoms. The van der Waals surface area contributed by atoms with Crippen LogP contribution < -0.4 is 0 Å². The van der Waals surface area contributed by atoms with Crippen LogP contribution in [0.5, 0.6) is 0 Å². The van der Waals surface area contributed by atoms with Gasteiger partial charge in [0.25, 0.3) is 0 Å². The van der Waals surface area contributed by atoms with Gasteiger partial charge in [-0.25, -0.2) is 4.79 Å². The van der Waals surface area contributed by atoms with E-state index in [1.807, 2.05) is 11.8 Å². The molecule has 0 aromatic carbocycles. The van der Waals surface area contributed by atoms with Crippen molar-refractivity contribution in [1.29, 1.82) is 0 Å². The highest BCUT2D eigenvalue weighted by molar-refractivity contribution is 5.84. The summed E-state index contributed by atoms with van der Waals surface area (Å²) >= 11 is 0. The van der Waals surface area contributed by atoms with Crippen molar-refractivity contribution in [2.75, 3.05) is 33.7 Å². The van der Waals surface area contributed by atoms with Crippen LogP contribution in [-0.2, 0) is 11.3 Å². The normalized spacial score (nSPS) is 10.7. The van der Waals surface area contributed by atoms with Crippen LogP contribution in [0.4, 0.5) is 0 Å². The molecule has 1 amide bonds. The number of amides is 1. The maximum absolute atomic E-state index is 11.6. The molecule has 19 heavy (non-hydrogen) atoms. The number of nitrogens with zero attached hydrogens (tertiary/aromatic N) is 5. The predicted molar refractivity (Wildman–Crippen MR) is 67.8 cm³/mol. The number of carboxylic acids is 1. The molecule has 0 spiro atoms. The first-order chi connectivity index (χ1) is 8.93. The largest absolute Gasteiger partial charge is 0.476 e. The number of carbonyl (C=O) groups is 2. The molecule has 0 atom stereocenters. The Kier molecular flexibility index (Phi) is 5.43. The van der Waals surface area contributed by atoms with Crippen molar-refractivity contribution >= 4 is 11.9 Å². The summed E-state index contributed by atoms with van der Waals surface area (Å²) in [6.07, 6.45) is 1.38. The topological polar surface area (TPSA) is 91.6 Å². The minimum Gasteiger partial charge on any atom is -0.476 e. The SMILES string of the molecule is CCN(CCn1cc(C(=O)O)nn1)CC(=O)N(C)C. The van der Waals surface area contributed by atoms with E-state index >= 15 is 0 Å². The van der Waals surface area contributed by atoms with Gasteiger partial charge in [-0.15, -0.1) is 5.10 Å². The van der Waals surface area contributed by atoms with E-state index in [0.717, 1.165) is 6.54 Å². The summed E-state index contributed by atoms with van der Waals surface area (Å²) in [7, 11) is 3.43. The van der Waals surface area contributed by atoms with E-state index in [1.165, 1.54) is 10.9 Å². The molecule has 0 unspecified atom stereocenters. The highest BCUT2D eigenvalue weighted by Gasteiger charge is 2.12. The van der Waals surface area contributed by atoms with Crippen LogP contribution >= 0.6 is 0 Å². The summed E-state index contributed by atoms with van der Waals surface area (Å²) in [4.78, 5) is 25.7. The molecule has 1 rings (SSSR count). The Bertz CT molecular complexity index is 443. The lowest BCUT2D eigenvalue weighted by atomic mass is 10.4. The average Bonchev–Trinajstić information content (AvgIpc) is 2.82. The molecule has 0 bridgehead atoms. The third-order valence-corrected chi connectivity index (χ3v) is 2.71. The number of carboxylic acid groups (broad SMARTS) is 1. The number of carbonyl (C=O) groups excluding carboxylic acids is 1. The Morgan fingerprint density at radius 1 is 1.42 bits per heavy atom. The molecule has 1 aromatic rings. The Labute approximate surface area is 111 Å². The lowest BCUT2D eigenvalue weighted by Crippen LogP contribution is -2.38. The smallest absolute Gasteiger partial charge is 0.358 e. The summed E-state index contributed by atoms with van der Waals surface area (Å²) < 4.78 is 1.46. The van der Waals surface area contributed by atoms with Gasteiger partial charge >= 0.3 is 5.97 Å². The maximum Gasteiger partial charge on any atom is 0.358 e. The van der Waals surface area contributed by atoms with Gasteiger partial charge < -0.3 is 10.0 Å². The number of aromatic nitrogens is 3. The molecule has 0 fully saturated rings. The molecule has 106 valence electrons. The molecule has 0 radical (unpaired) electrons. The molecule has 0 aliphatic rings. The lowest BCUT2D eigenvalue weighted by Gasteiger charge is -2.21. The van der Waals surface area contributed by atoms with Crippen LogP contribution in [0.3, 0.4) is 0 Å². The molecule has 0 saturated carbocycles. The number of hydrogen-bond acceptors (Lipinski definition) is 5. The highest BCUT2D eigenvalue weighted by atomic mass is 16.4. The van der Waals surface area contributed by atoms with E-state index in [9.17, 15) is 9.59 Å². The molecule has 0 aliphatic heterocycles. The van der Waals surface area contributed by atoms with Crippen LogP contribution in [0.2, 0.25) is 0 Å². The fourth-order valence-electron chi connectivity index (χ4n) is 1.43. The second-order valence-corrected chi connectivity index (χ2v) is 4.33. The van der Waals surface area contributed by atoms with Gasteiger partial charge in [0.2, 0.25) is 5.91 Å². The number of rotatable bonds is 7. The maximum atomic E-state index is 11.6. The summed E-state index contributed by atoms with van der Waals surface area (Å²) in [6.45, 7) is 4.14. The minimum absolute atomic E-state index is 0.0339. The van der Waals surface area contributed by atoms with E-state index in [-0.39, 0.29) is 11.6 Å². The molecular weight excluding hydrogens is 250 g/mol. The monoisotopic (exact) mass is 269 g/mol. The number of hydrogen-bond donors (Lipinski definition) is 1. The fourth-order valence-corrected chi connectivity index (χ4v) is 1.43. The zero-order valence-corrected chi connectivity index (χ0v) is 11.4. The Morgan fingerprint density at radius 3 is 2.58 bits per heavy atom. The third-order valence-electron chi connectivity index (χ3n) is 2.71. The van der Waals surface area contributed by atoms with E-state index in [0.29, 0.717) is 19.6 Å². The highest BCUT2D eigenvalue weighted by Crippen LogP contribution is 1.96. The van der Waals surface area contributed by atoms with Crippen LogP contribution in [0.1, 0.15) is 17.4 Å². The van der Waals surface area contributed by atoms with Gasteiger partial charge in [0.05, 0.1) is 19.3 Å². The van der Waals surface area contributed by atoms with Crippen LogP contribution in [0.25, 0.3) is 0 Å². The Hall–Kier alpha value is -1.96. The molecule has 0 saturated heterocycles. The van der Waals surface area contributed by atoms with Gasteiger partial charge in [0.15, 0.2) is 5.69 Å². The lowest BCUT2D eigenvalue weighted by molar-refractivity contribution is -0.129. The molecule has 0 aliphatic carbocycles. The van der Waals surface area contributed by atoms with E-state index < -0.39 is 5.97 Å². The van der Waals surface area contributed by atoms with Crippen LogP contribution in [0, 0.1) is 0 Å². The zero-order valence-electron chi connectivity index (χ0n) is 11.4. The van der Waals surface area contributed by atoms with Crippen molar-refractivity contribution in [2.45, 2.75) is 13.5 Å². The van der Waals surface area contributed by atoms with Gasteiger partial charge in [0, 0.05) is 20.6 Å². The number of likely N-dealkylation sites (N-methyl/N-ethyl adjacent to an activating group) is 2. The Morgan fingerprint density at radius 2 is 2.11 bits per heavy atom. The van der Waals surface area contributed by atoms with Gasteiger partial charge in [-0.3, -0.25) is 14.4 Å². The quantitative estimate of drug-likeness (QED) is 0.709. The minimum atomic E-state index is -1.10. The van der Waals surface area contributed by atoms with Gasteiger partial charge in [-0.1, -0.05) is 12.1 Å². The molecule has 1 heterocycles. The van der Waals surface area contributed by atoms with E-state index in [2.05, 4.69) is 10.3 Å². The summed E-state index contributed by atoms with van der Waals surface area (Å²) in [5.41, 5.74) is -0.0765. The van der Waals surface area contributed by atoms with E-state index in [1.54, 1.807) is 19.0 Å². The summed E-state index contributed by atoms with van der Waals surface area (Å²) in [5, 5.41) is 16.0. The molecule has 8 nitrogen and oxygen atoms in total. The van der Waals surface area contributed by atoms with Crippen molar-refractivity contribution in [1.82, 2.24) is 24.8 Å². The predicted octanol–water partition coefficient (Wildman–Crippen LogP) is -0.614. The van der Waals surface area contributed by atoms with Gasteiger partial charge in [0.1, 0.15) is 0 Å². The first kappa shape index (κ1) is 15.1. The van der Waals surface area contributed by atoms with Crippen molar-refractivity contribution in [2.24, 2.45) is 0 Å². The molecular formula is C11H19N5O3. The number of aromatic carboxylic acids is 1. The van der Waals surface area contributed by atoms with E-state index in [4.69, 9.17) is 5.11 Å². The van der Waals surface area contributed by atoms with Crippen molar-refractivity contribution in [3.05, 3.63) is 11.9 Å². The van der Waals surface area contributed by atoms with Crippen molar-refractivity contribution in [3.63, 3.8) is 0 Å². The van der Waals surface area contributed by atoms with Crippen LogP contribution in [0.15, 0.2) is 6.20 Å². The standard InChI is InChI=1S/C11H19N5O3/c1-4-15(8-10(17)14(2)3)5-6-16-7-9(11(18)19)12-13-16/h7H,4-6,8H2,1-3H3,(H,18,19). The second kappa shape index (κ2) is 6.83. The first-order valence-corrected chi connectivity index (χ1v) is 6.00. The Balaban J connectivity index is 2.48. The van der Waals surface area contributed by atoms with Crippen LogP contribution in [-0.4, -0.2) is 75.5 Å². The van der Waals surface area contributed by atoms with Gasteiger partial charge in [-0.05, 0) is 6.54 Å². The zero-order chi connectivity index (χ0) is 14.4. The third kappa shape index (κ3) is 4.66. The fraction of sp³-hybridized carbons (Fsp3) is 0.636. The molecule has 1 aromatic heterocycles. The van der Waals surface area contributed by atoms with Crippen molar-refractivity contribution in [3.8, 4) is 0 Å². The summed E-state index contributed by atoms with van der Waals surface area (Å²) in [6, 6.07) is 0.